The zero-order chi connectivity index (χ0) is 20.5. The number of nitrogens with zero attached hydrogens (tertiary/aromatic N) is 3. The molecule has 2 aromatic rings. The maximum Gasteiger partial charge on any atom is 0.194 e. The Kier molecular flexibility index (Phi) is 7.76. The van der Waals surface area contributed by atoms with Crippen molar-refractivity contribution in [3.63, 3.8) is 0 Å². The largest absolute Gasteiger partial charge is 0.497 e. The van der Waals surface area contributed by atoms with Gasteiger partial charge >= 0.3 is 0 Å². The number of nitrogens with one attached hydrogen (secondary N) is 1. The van der Waals surface area contributed by atoms with Crippen molar-refractivity contribution in [3.05, 3.63) is 59.7 Å². The zero-order valence-electron chi connectivity index (χ0n) is 17.7. The number of rotatable bonds is 7. The average Bonchev–Trinajstić information content (AvgIpc) is 2.79. The number of guanidine groups is 1. The lowest BCUT2D eigenvalue weighted by molar-refractivity contribution is 0.134. The summed E-state index contributed by atoms with van der Waals surface area (Å²) in [5.41, 5.74) is 3.65. The van der Waals surface area contributed by atoms with Gasteiger partial charge in [-0.1, -0.05) is 30.3 Å². The van der Waals surface area contributed by atoms with E-state index < -0.39 is 0 Å². The van der Waals surface area contributed by atoms with Crippen LogP contribution in [0.1, 0.15) is 18.1 Å². The number of benzene rings is 2. The predicted molar refractivity (Wildman–Crippen MR) is 119 cm³/mol. The van der Waals surface area contributed by atoms with E-state index in [4.69, 9.17) is 9.47 Å². The smallest absolute Gasteiger partial charge is 0.194 e. The summed E-state index contributed by atoms with van der Waals surface area (Å²) in [4.78, 5) is 9.19. The minimum Gasteiger partial charge on any atom is -0.497 e. The molecule has 0 unspecified atom stereocenters. The molecule has 0 radical (unpaired) electrons. The molecule has 1 aliphatic rings. The highest BCUT2D eigenvalue weighted by Gasteiger charge is 2.20. The highest BCUT2D eigenvalue weighted by molar-refractivity contribution is 5.80. The third-order valence-corrected chi connectivity index (χ3v) is 5.16. The van der Waals surface area contributed by atoms with E-state index in [1.165, 1.54) is 16.8 Å². The molecule has 0 aromatic heterocycles. The Balaban J connectivity index is 1.50. The van der Waals surface area contributed by atoms with Gasteiger partial charge in [-0.2, -0.15) is 0 Å². The molecule has 1 aliphatic heterocycles. The summed E-state index contributed by atoms with van der Waals surface area (Å²) in [5, 5.41) is 3.50. The molecule has 1 saturated heterocycles. The number of hydrogen-bond donors (Lipinski definition) is 1. The van der Waals surface area contributed by atoms with Gasteiger partial charge in [-0.05, 0) is 30.2 Å². The summed E-state index contributed by atoms with van der Waals surface area (Å²) in [7, 11) is 3.56. The van der Waals surface area contributed by atoms with Gasteiger partial charge in [-0.3, -0.25) is 4.99 Å². The van der Waals surface area contributed by atoms with Crippen molar-refractivity contribution in [2.45, 2.75) is 20.1 Å². The molecule has 0 saturated carbocycles. The van der Waals surface area contributed by atoms with Gasteiger partial charge in [0.1, 0.15) is 5.75 Å². The molecule has 6 heteroatoms. The third-order valence-electron chi connectivity index (χ3n) is 5.16. The molecule has 29 heavy (non-hydrogen) atoms. The first-order valence-electron chi connectivity index (χ1n) is 10.2. The van der Waals surface area contributed by atoms with Crippen LogP contribution in [-0.4, -0.2) is 57.8 Å². The van der Waals surface area contributed by atoms with Crippen molar-refractivity contribution in [2.24, 2.45) is 4.99 Å². The summed E-state index contributed by atoms with van der Waals surface area (Å²) in [6.45, 7) is 7.97. The van der Waals surface area contributed by atoms with Crippen molar-refractivity contribution < 1.29 is 9.47 Å². The summed E-state index contributed by atoms with van der Waals surface area (Å²) >= 11 is 0. The lowest BCUT2D eigenvalue weighted by Gasteiger charge is -2.37. The number of methoxy groups -OCH3 is 1. The highest BCUT2D eigenvalue weighted by Crippen LogP contribution is 2.22. The van der Waals surface area contributed by atoms with E-state index in [0.29, 0.717) is 6.61 Å². The number of hydrogen-bond acceptors (Lipinski definition) is 4. The van der Waals surface area contributed by atoms with E-state index >= 15 is 0 Å². The molecule has 0 aliphatic carbocycles. The SMILES string of the molecule is CCOCc1ccc(CNC(=NC)N2CCN(c3cccc(OC)c3)CC2)cc1. The molecular weight excluding hydrogens is 364 g/mol. The Bertz CT molecular complexity index is 784. The predicted octanol–water partition coefficient (Wildman–Crippen LogP) is 3.13. The van der Waals surface area contributed by atoms with Crippen molar-refractivity contribution in [1.29, 1.82) is 0 Å². The molecule has 6 nitrogen and oxygen atoms in total. The molecule has 0 bridgehead atoms. The van der Waals surface area contributed by atoms with E-state index in [0.717, 1.165) is 51.0 Å². The molecule has 0 spiro atoms. The van der Waals surface area contributed by atoms with Gasteiger partial charge in [0.15, 0.2) is 5.96 Å². The summed E-state index contributed by atoms with van der Waals surface area (Å²) in [5.74, 6) is 1.85. The van der Waals surface area contributed by atoms with Crippen LogP contribution < -0.4 is 15.0 Å². The fourth-order valence-corrected chi connectivity index (χ4v) is 3.47. The maximum absolute atomic E-state index is 5.46. The van der Waals surface area contributed by atoms with Crippen LogP contribution in [0.15, 0.2) is 53.5 Å². The van der Waals surface area contributed by atoms with Crippen LogP contribution in [0.4, 0.5) is 5.69 Å². The Hall–Kier alpha value is -2.73. The second-order valence-electron chi connectivity index (χ2n) is 7.03. The first-order valence-corrected chi connectivity index (χ1v) is 10.2. The van der Waals surface area contributed by atoms with Crippen LogP contribution in [0.5, 0.6) is 5.75 Å². The Morgan fingerprint density at radius 1 is 1.03 bits per heavy atom. The summed E-state index contributed by atoms with van der Waals surface area (Å²) in [6, 6.07) is 16.8. The topological polar surface area (TPSA) is 49.3 Å². The zero-order valence-corrected chi connectivity index (χ0v) is 17.7. The lowest BCUT2D eigenvalue weighted by Crippen LogP contribution is -2.52. The number of piperazine rings is 1. The number of aliphatic imine (C=N–C) groups is 1. The van der Waals surface area contributed by atoms with E-state index in [-0.39, 0.29) is 0 Å². The first-order chi connectivity index (χ1) is 14.2. The van der Waals surface area contributed by atoms with E-state index in [1.54, 1.807) is 7.11 Å². The quantitative estimate of drug-likeness (QED) is 0.576. The normalized spacial score (nSPS) is 14.8. The molecular formula is C23H32N4O2. The van der Waals surface area contributed by atoms with Gasteiger partial charge in [0.2, 0.25) is 0 Å². The average molecular weight is 397 g/mol. The maximum atomic E-state index is 5.46. The molecule has 2 aromatic carbocycles. The Labute approximate surface area is 174 Å². The molecule has 0 atom stereocenters. The fourth-order valence-electron chi connectivity index (χ4n) is 3.47. The van der Waals surface area contributed by atoms with E-state index in [1.807, 2.05) is 26.1 Å². The monoisotopic (exact) mass is 396 g/mol. The minimum atomic E-state index is 0.670. The molecule has 156 valence electrons. The second kappa shape index (κ2) is 10.7. The van der Waals surface area contributed by atoms with E-state index in [9.17, 15) is 0 Å². The fraction of sp³-hybridized carbons (Fsp3) is 0.435. The molecule has 1 heterocycles. The van der Waals surface area contributed by atoms with Crippen molar-refractivity contribution in [2.75, 3.05) is 51.8 Å². The van der Waals surface area contributed by atoms with Crippen LogP contribution in [-0.2, 0) is 17.9 Å². The standard InChI is InChI=1S/C23H32N4O2/c1-4-29-18-20-10-8-19(9-11-20)17-25-23(24-2)27-14-12-26(13-15-27)21-6-5-7-22(16-21)28-3/h5-11,16H,4,12-15,17-18H2,1-3H3,(H,24,25). The van der Waals surface area contributed by atoms with Crippen LogP contribution in [0.25, 0.3) is 0 Å². The van der Waals surface area contributed by atoms with Crippen LogP contribution >= 0.6 is 0 Å². The highest BCUT2D eigenvalue weighted by atomic mass is 16.5. The number of anilines is 1. The first kappa shape index (κ1) is 21.0. The minimum absolute atomic E-state index is 0.670. The van der Waals surface area contributed by atoms with Gasteiger partial charge in [0.05, 0.1) is 13.7 Å². The van der Waals surface area contributed by atoms with Crippen LogP contribution in [0.2, 0.25) is 0 Å². The second-order valence-corrected chi connectivity index (χ2v) is 7.03. The van der Waals surface area contributed by atoms with Gasteiger partial charge in [-0.25, -0.2) is 0 Å². The van der Waals surface area contributed by atoms with Crippen molar-refractivity contribution in [3.8, 4) is 5.75 Å². The lowest BCUT2D eigenvalue weighted by atomic mass is 10.1. The molecule has 0 amide bonds. The van der Waals surface area contributed by atoms with Gasteiger partial charge in [-0.15, -0.1) is 0 Å². The summed E-state index contributed by atoms with van der Waals surface area (Å²) < 4.78 is 10.8. The molecule has 1 N–H and O–H groups in total. The van der Waals surface area contributed by atoms with Gasteiger partial charge < -0.3 is 24.6 Å². The van der Waals surface area contributed by atoms with Crippen LogP contribution in [0, 0.1) is 0 Å². The van der Waals surface area contributed by atoms with E-state index in [2.05, 4.69) is 56.5 Å². The summed E-state index contributed by atoms with van der Waals surface area (Å²) in [6.07, 6.45) is 0. The van der Waals surface area contributed by atoms with Gasteiger partial charge in [0, 0.05) is 58.1 Å². The van der Waals surface area contributed by atoms with Crippen molar-refractivity contribution in [1.82, 2.24) is 10.2 Å². The Morgan fingerprint density at radius 3 is 2.41 bits per heavy atom. The third kappa shape index (κ3) is 5.87. The van der Waals surface area contributed by atoms with Crippen LogP contribution in [0.3, 0.4) is 0 Å². The molecule has 3 rings (SSSR count). The molecule has 1 fully saturated rings. The number of ether oxygens (including phenoxy) is 2. The Morgan fingerprint density at radius 2 is 1.76 bits per heavy atom. The van der Waals surface area contributed by atoms with Crippen molar-refractivity contribution >= 4 is 11.6 Å². The van der Waals surface area contributed by atoms with Gasteiger partial charge in [0.25, 0.3) is 0 Å².